The van der Waals surface area contributed by atoms with Gasteiger partial charge in [-0.15, -0.1) is 11.3 Å². The molecule has 0 aliphatic carbocycles. The van der Waals surface area contributed by atoms with Gasteiger partial charge in [0.15, 0.2) is 0 Å². The van der Waals surface area contributed by atoms with Crippen LogP contribution in [0.2, 0.25) is 0 Å². The van der Waals surface area contributed by atoms with Crippen LogP contribution in [0.5, 0.6) is 0 Å². The zero-order chi connectivity index (χ0) is 12.3. The van der Waals surface area contributed by atoms with Crippen LogP contribution in [0.4, 0.5) is 5.00 Å². The molecule has 16 heavy (non-hydrogen) atoms. The Labute approximate surface area is 101 Å². The highest BCUT2D eigenvalue weighted by atomic mass is 32.1. The van der Waals surface area contributed by atoms with E-state index in [1.165, 1.54) is 11.3 Å². The molecule has 0 bridgehead atoms. The van der Waals surface area contributed by atoms with Crippen molar-refractivity contribution >= 4 is 21.9 Å². The third-order valence-electron chi connectivity index (χ3n) is 2.43. The molecule has 0 radical (unpaired) electrons. The Morgan fingerprint density at radius 3 is 2.62 bits per heavy atom. The van der Waals surface area contributed by atoms with E-state index >= 15 is 0 Å². The molecule has 0 unspecified atom stereocenters. The van der Waals surface area contributed by atoms with Gasteiger partial charge in [-0.1, -0.05) is 32.6 Å². The predicted octanol–water partition coefficient (Wildman–Crippen LogP) is 3.74. The smallest absolute Gasteiger partial charge is 0.105 e. The number of hydrogen-bond donors (Lipinski definition) is 1. The number of rotatable bonds is 3. The van der Waals surface area contributed by atoms with E-state index in [0.29, 0.717) is 16.5 Å². The lowest BCUT2D eigenvalue weighted by Crippen LogP contribution is -1.97. The van der Waals surface area contributed by atoms with Crippen LogP contribution in [0, 0.1) is 24.2 Å². The molecule has 1 aromatic rings. The van der Waals surface area contributed by atoms with E-state index in [1.54, 1.807) is 6.08 Å². The zero-order valence-corrected chi connectivity index (χ0v) is 10.7. The topological polar surface area (TPSA) is 49.8 Å². The van der Waals surface area contributed by atoms with Crippen LogP contribution in [0.3, 0.4) is 0 Å². The molecule has 1 aromatic heterocycles. The van der Waals surface area contributed by atoms with Crippen molar-refractivity contribution in [2.24, 2.45) is 5.92 Å². The number of hydrogen-bond acceptors (Lipinski definition) is 3. The van der Waals surface area contributed by atoms with E-state index in [9.17, 15) is 0 Å². The van der Waals surface area contributed by atoms with Crippen LogP contribution in [0.25, 0.3) is 5.57 Å². The predicted molar refractivity (Wildman–Crippen MR) is 71.2 cm³/mol. The normalized spacial score (nSPS) is 11.6. The van der Waals surface area contributed by atoms with Crippen LogP contribution in [0.1, 0.15) is 29.9 Å². The first-order valence-corrected chi connectivity index (χ1v) is 5.96. The second-order valence-corrected chi connectivity index (χ2v) is 5.15. The average Bonchev–Trinajstić information content (AvgIpc) is 2.49. The number of aryl methyl sites for hydroxylation is 1. The SMILES string of the molecule is C=C/C=C(\c1c(C)sc(N)c1C#N)C(C)C. The highest BCUT2D eigenvalue weighted by Gasteiger charge is 2.18. The molecule has 84 valence electrons. The maximum atomic E-state index is 9.14. The van der Waals surface area contributed by atoms with Crippen molar-refractivity contribution in [1.29, 1.82) is 5.26 Å². The molecular formula is C13H16N2S. The third-order valence-corrected chi connectivity index (χ3v) is 3.37. The number of anilines is 1. The highest BCUT2D eigenvalue weighted by Crippen LogP contribution is 2.37. The van der Waals surface area contributed by atoms with Gasteiger partial charge in [-0.2, -0.15) is 5.26 Å². The van der Waals surface area contributed by atoms with Crippen LogP contribution in [0.15, 0.2) is 18.7 Å². The van der Waals surface area contributed by atoms with Gasteiger partial charge in [0.25, 0.3) is 0 Å². The summed E-state index contributed by atoms with van der Waals surface area (Å²) < 4.78 is 0. The summed E-state index contributed by atoms with van der Waals surface area (Å²) in [5, 5.41) is 9.74. The molecule has 1 heterocycles. The quantitative estimate of drug-likeness (QED) is 0.807. The number of nitriles is 1. The van der Waals surface area contributed by atoms with Crippen molar-refractivity contribution in [1.82, 2.24) is 0 Å². The van der Waals surface area contributed by atoms with Crippen molar-refractivity contribution in [2.45, 2.75) is 20.8 Å². The Balaban J connectivity index is 3.47. The molecule has 3 heteroatoms. The summed E-state index contributed by atoms with van der Waals surface area (Å²) in [6, 6.07) is 2.19. The Morgan fingerprint density at radius 1 is 1.56 bits per heavy atom. The van der Waals surface area contributed by atoms with Gasteiger partial charge in [0.2, 0.25) is 0 Å². The summed E-state index contributed by atoms with van der Waals surface area (Å²) in [6.45, 7) is 9.91. The van der Waals surface area contributed by atoms with E-state index in [4.69, 9.17) is 11.0 Å². The number of nitrogens with two attached hydrogens (primary N) is 1. The molecule has 1 rings (SSSR count). The summed E-state index contributed by atoms with van der Waals surface area (Å²) >= 11 is 1.47. The van der Waals surface area contributed by atoms with Gasteiger partial charge >= 0.3 is 0 Å². The van der Waals surface area contributed by atoms with Crippen molar-refractivity contribution < 1.29 is 0 Å². The van der Waals surface area contributed by atoms with Crippen molar-refractivity contribution in [2.75, 3.05) is 5.73 Å². The summed E-state index contributed by atoms with van der Waals surface area (Å²) in [5.41, 5.74) is 8.54. The minimum atomic E-state index is 0.345. The lowest BCUT2D eigenvalue weighted by Gasteiger charge is -2.11. The molecule has 0 aliphatic heterocycles. The van der Waals surface area contributed by atoms with Crippen molar-refractivity contribution in [3.63, 3.8) is 0 Å². The Bertz CT molecular complexity index is 473. The van der Waals surface area contributed by atoms with Crippen molar-refractivity contribution in [3.05, 3.63) is 34.7 Å². The van der Waals surface area contributed by atoms with Gasteiger partial charge in [0, 0.05) is 10.4 Å². The lowest BCUT2D eigenvalue weighted by atomic mass is 9.92. The zero-order valence-electron chi connectivity index (χ0n) is 9.87. The monoisotopic (exact) mass is 232 g/mol. The molecule has 0 spiro atoms. The molecular weight excluding hydrogens is 216 g/mol. The summed E-state index contributed by atoms with van der Waals surface area (Å²) in [7, 11) is 0. The Kier molecular flexibility index (Phi) is 3.92. The third kappa shape index (κ3) is 2.17. The van der Waals surface area contributed by atoms with Crippen LogP contribution >= 0.6 is 11.3 Å². The lowest BCUT2D eigenvalue weighted by molar-refractivity contribution is 0.855. The molecule has 0 amide bonds. The molecule has 0 saturated carbocycles. The number of nitrogen functional groups attached to an aromatic ring is 1. The second kappa shape index (κ2) is 5.00. The number of thiophene rings is 1. The molecule has 0 saturated heterocycles. The molecule has 0 aromatic carbocycles. The highest BCUT2D eigenvalue weighted by molar-refractivity contribution is 7.16. The van der Waals surface area contributed by atoms with Gasteiger partial charge in [0.1, 0.15) is 11.1 Å². The van der Waals surface area contributed by atoms with Gasteiger partial charge < -0.3 is 5.73 Å². The molecule has 0 fully saturated rings. The van der Waals surface area contributed by atoms with Crippen LogP contribution in [-0.2, 0) is 0 Å². The standard InChI is InChI=1S/C13H16N2S/c1-5-6-10(8(2)3)12-9(4)16-13(15)11(12)7-14/h5-6,8H,1,15H2,2-4H3/b10-6-. The van der Waals surface area contributed by atoms with E-state index in [2.05, 4.69) is 26.5 Å². The Morgan fingerprint density at radius 2 is 2.19 bits per heavy atom. The maximum Gasteiger partial charge on any atom is 0.105 e. The van der Waals surface area contributed by atoms with E-state index in [0.717, 1.165) is 16.0 Å². The van der Waals surface area contributed by atoms with Crippen LogP contribution < -0.4 is 5.73 Å². The number of allylic oxidation sites excluding steroid dienone is 3. The largest absolute Gasteiger partial charge is 0.389 e. The summed E-state index contributed by atoms with van der Waals surface area (Å²) in [6.07, 6.45) is 3.71. The first-order chi connectivity index (χ1) is 7.52. The van der Waals surface area contributed by atoms with Gasteiger partial charge in [-0.05, 0) is 18.4 Å². The maximum absolute atomic E-state index is 9.14. The van der Waals surface area contributed by atoms with Crippen molar-refractivity contribution in [3.8, 4) is 6.07 Å². The molecule has 2 N–H and O–H groups in total. The van der Waals surface area contributed by atoms with Gasteiger partial charge in [-0.3, -0.25) is 0 Å². The van der Waals surface area contributed by atoms with E-state index in [-0.39, 0.29) is 0 Å². The summed E-state index contributed by atoms with van der Waals surface area (Å²) in [4.78, 5) is 1.09. The fourth-order valence-corrected chi connectivity index (χ4v) is 2.62. The van der Waals surface area contributed by atoms with Crippen LogP contribution in [-0.4, -0.2) is 0 Å². The van der Waals surface area contributed by atoms with Gasteiger partial charge in [0.05, 0.1) is 5.56 Å². The fraction of sp³-hybridized carbons (Fsp3) is 0.308. The second-order valence-electron chi connectivity index (χ2n) is 3.90. The average molecular weight is 232 g/mol. The first-order valence-electron chi connectivity index (χ1n) is 5.14. The first kappa shape index (κ1) is 12.5. The van der Waals surface area contributed by atoms with E-state index in [1.807, 2.05) is 13.0 Å². The van der Waals surface area contributed by atoms with E-state index < -0.39 is 0 Å². The fourth-order valence-electron chi connectivity index (χ4n) is 1.72. The molecule has 0 aliphatic rings. The summed E-state index contributed by atoms with van der Waals surface area (Å²) in [5.74, 6) is 0.345. The number of nitrogens with zero attached hydrogens (tertiary/aromatic N) is 1. The minimum absolute atomic E-state index is 0.345. The molecule has 2 nitrogen and oxygen atoms in total. The molecule has 0 atom stereocenters. The Hall–Kier alpha value is -1.53. The van der Waals surface area contributed by atoms with Gasteiger partial charge in [-0.25, -0.2) is 0 Å². The minimum Gasteiger partial charge on any atom is -0.389 e.